The third kappa shape index (κ3) is 2.15. The van der Waals surface area contributed by atoms with Crippen LogP contribution >= 0.6 is 0 Å². The van der Waals surface area contributed by atoms with E-state index in [0.717, 1.165) is 11.3 Å². The van der Waals surface area contributed by atoms with Crippen molar-refractivity contribution < 1.29 is 9.31 Å². The minimum Gasteiger partial charge on any atom is -0.398 e. The first-order chi connectivity index (χ1) is 9.39. The molecule has 0 bridgehead atoms. The van der Waals surface area contributed by atoms with Crippen molar-refractivity contribution in [3.8, 4) is 5.69 Å². The summed E-state index contributed by atoms with van der Waals surface area (Å²) in [6.07, 6.45) is 5.38. The Hall–Kier alpha value is -1.66. The summed E-state index contributed by atoms with van der Waals surface area (Å²) in [5.74, 6) is 0. The molecule has 0 aromatic carbocycles. The van der Waals surface area contributed by atoms with Crippen LogP contribution in [0.15, 0.2) is 36.8 Å². The fraction of sp³-hybridized carbons (Fsp3) is 0.429. The zero-order valence-corrected chi connectivity index (χ0v) is 12.2. The number of aromatic nitrogens is 3. The Bertz CT molecular complexity index is 594. The van der Waals surface area contributed by atoms with Crippen LogP contribution in [0.3, 0.4) is 0 Å². The number of pyridine rings is 1. The lowest BCUT2D eigenvalue weighted by molar-refractivity contribution is 0.00578. The molecule has 1 fully saturated rings. The molecule has 1 aliphatic rings. The lowest BCUT2D eigenvalue weighted by Gasteiger charge is -2.32. The topological polar surface area (TPSA) is 49.2 Å². The van der Waals surface area contributed by atoms with E-state index >= 15 is 0 Å². The van der Waals surface area contributed by atoms with Gasteiger partial charge in [-0.2, -0.15) is 5.10 Å². The highest BCUT2D eigenvalue weighted by Gasteiger charge is 2.52. The van der Waals surface area contributed by atoms with Crippen molar-refractivity contribution >= 4 is 12.7 Å². The van der Waals surface area contributed by atoms with Crippen molar-refractivity contribution in [1.29, 1.82) is 0 Å². The van der Waals surface area contributed by atoms with E-state index in [-0.39, 0.29) is 11.2 Å². The monoisotopic (exact) mass is 271 g/mol. The van der Waals surface area contributed by atoms with E-state index in [1.807, 2.05) is 52.1 Å². The van der Waals surface area contributed by atoms with E-state index in [0.29, 0.717) is 0 Å². The molecule has 1 aliphatic heterocycles. The molecule has 0 atom stereocenters. The van der Waals surface area contributed by atoms with Gasteiger partial charge >= 0.3 is 7.12 Å². The van der Waals surface area contributed by atoms with Crippen LogP contribution in [0.2, 0.25) is 0 Å². The van der Waals surface area contributed by atoms with Crippen molar-refractivity contribution in [2.45, 2.75) is 38.9 Å². The summed E-state index contributed by atoms with van der Waals surface area (Å²) in [6, 6.07) is 5.73. The molecule has 3 rings (SSSR count). The summed E-state index contributed by atoms with van der Waals surface area (Å²) in [5, 5.41) is 4.53. The lowest BCUT2D eigenvalue weighted by Crippen LogP contribution is -2.41. The average Bonchev–Trinajstić information content (AvgIpc) is 2.94. The Balaban J connectivity index is 1.86. The average molecular weight is 271 g/mol. The van der Waals surface area contributed by atoms with Crippen molar-refractivity contribution in [3.05, 3.63) is 36.8 Å². The van der Waals surface area contributed by atoms with Crippen molar-refractivity contribution in [2.24, 2.45) is 0 Å². The van der Waals surface area contributed by atoms with Gasteiger partial charge in [-0.3, -0.25) is 4.98 Å². The summed E-state index contributed by atoms with van der Waals surface area (Å²) in [6.45, 7) is 8.14. The molecule has 0 saturated carbocycles. The highest BCUT2D eigenvalue weighted by atomic mass is 16.7. The van der Waals surface area contributed by atoms with Gasteiger partial charge in [-0.1, -0.05) is 0 Å². The van der Waals surface area contributed by atoms with Gasteiger partial charge in [-0.05, 0) is 45.9 Å². The minimum atomic E-state index is -0.428. The van der Waals surface area contributed by atoms with Gasteiger partial charge < -0.3 is 9.31 Å². The highest BCUT2D eigenvalue weighted by Crippen LogP contribution is 2.36. The number of rotatable bonds is 2. The van der Waals surface area contributed by atoms with Crippen LogP contribution in [-0.2, 0) is 9.31 Å². The van der Waals surface area contributed by atoms with Gasteiger partial charge in [0.05, 0.1) is 22.5 Å². The minimum absolute atomic E-state index is 0.349. The van der Waals surface area contributed by atoms with Crippen LogP contribution in [-0.4, -0.2) is 33.1 Å². The zero-order valence-electron chi connectivity index (χ0n) is 12.2. The summed E-state index contributed by atoms with van der Waals surface area (Å²) in [5.41, 5.74) is 1.04. The molecule has 6 heteroatoms. The first-order valence-corrected chi connectivity index (χ1v) is 6.71. The standard InChI is InChI=1S/C14H18BN3O2/c1-13(2)14(3,4)20-15(19-13)12-7-10-18(17-12)11-5-8-16-9-6-11/h5-10H,1-4H3. The van der Waals surface area contributed by atoms with Crippen LogP contribution < -0.4 is 5.59 Å². The maximum Gasteiger partial charge on any atom is 0.516 e. The second-order valence-electron chi connectivity index (χ2n) is 5.98. The molecule has 1 saturated heterocycles. The maximum atomic E-state index is 5.99. The van der Waals surface area contributed by atoms with E-state index in [1.165, 1.54) is 0 Å². The van der Waals surface area contributed by atoms with Gasteiger partial charge in [-0.25, -0.2) is 4.68 Å². The second-order valence-corrected chi connectivity index (χ2v) is 5.98. The second kappa shape index (κ2) is 4.43. The molecule has 2 aromatic heterocycles. The van der Waals surface area contributed by atoms with E-state index in [4.69, 9.17) is 9.31 Å². The van der Waals surface area contributed by atoms with Gasteiger partial charge in [-0.15, -0.1) is 0 Å². The van der Waals surface area contributed by atoms with Crippen molar-refractivity contribution in [3.63, 3.8) is 0 Å². The number of hydrogen-bond donors (Lipinski definition) is 0. The van der Waals surface area contributed by atoms with Gasteiger partial charge in [0.25, 0.3) is 0 Å². The summed E-state index contributed by atoms with van der Waals surface area (Å²) in [4.78, 5) is 4.00. The molecule has 0 N–H and O–H groups in total. The van der Waals surface area contributed by atoms with Gasteiger partial charge in [0.1, 0.15) is 0 Å². The third-order valence-electron chi connectivity index (χ3n) is 4.03. The van der Waals surface area contributed by atoms with E-state index in [9.17, 15) is 0 Å². The van der Waals surface area contributed by atoms with Crippen molar-refractivity contribution in [2.75, 3.05) is 0 Å². The Morgan fingerprint density at radius 1 is 1.00 bits per heavy atom. The molecule has 3 heterocycles. The zero-order chi connectivity index (χ0) is 14.4. The van der Waals surface area contributed by atoms with Crippen LogP contribution in [0.1, 0.15) is 27.7 Å². The predicted octanol–water partition coefficient (Wildman–Crippen LogP) is 1.57. The highest BCUT2D eigenvalue weighted by molar-refractivity contribution is 6.61. The van der Waals surface area contributed by atoms with Gasteiger partial charge in [0, 0.05) is 18.6 Å². The molecule has 20 heavy (non-hydrogen) atoms. The Labute approximate surface area is 119 Å². The fourth-order valence-electron chi connectivity index (χ4n) is 2.07. The summed E-state index contributed by atoms with van der Waals surface area (Å²) >= 11 is 0. The van der Waals surface area contributed by atoms with Gasteiger partial charge in [0.15, 0.2) is 0 Å². The first-order valence-electron chi connectivity index (χ1n) is 6.71. The number of hydrogen-bond acceptors (Lipinski definition) is 4. The van der Waals surface area contributed by atoms with Crippen LogP contribution in [0.5, 0.6) is 0 Å². The molecule has 0 spiro atoms. The molecule has 0 unspecified atom stereocenters. The summed E-state index contributed by atoms with van der Waals surface area (Å²) in [7, 11) is -0.428. The molecule has 104 valence electrons. The van der Waals surface area contributed by atoms with Crippen LogP contribution in [0, 0.1) is 0 Å². The fourth-order valence-corrected chi connectivity index (χ4v) is 2.07. The molecular weight excluding hydrogens is 253 g/mol. The molecule has 0 radical (unpaired) electrons. The van der Waals surface area contributed by atoms with E-state index in [2.05, 4.69) is 10.1 Å². The predicted molar refractivity (Wildman–Crippen MR) is 77.1 cm³/mol. The molecule has 5 nitrogen and oxygen atoms in total. The van der Waals surface area contributed by atoms with Crippen molar-refractivity contribution in [1.82, 2.24) is 14.8 Å². The first kappa shape index (κ1) is 13.3. The smallest absolute Gasteiger partial charge is 0.398 e. The Morgan fingerprint density at radius 2 is 1.60 bits per heavy atom. The summed E-state index contributed by atoms with van der Waals surface area (Å²) < 4.78 is 13.8. The lowest BCUT2D eigenvalue weighted by atomic mass is 9.85. The number of nitrogens with zero attached hydrogens (tertiary/aromatic N) is 3. The van der Waals surface area contributed by atoms with Gasteiger partial charge in [0.2, 0.25) is 0 Å². The Kier molecular flexibility index (Phi) is 2.95. The quantitative estimate of drug-likeness (QED) is 0.778. The Morgan fingerprint density at radius 3 is 2.20 bits per heavy atom. The van der Waals surface area contributed by atoms with Crippen LogP contribution in [0.25, 0.3) is 5.69 Å². The molecule has 0 amide bonds. The normalized spacial score (nSPS) is 20.3. The maximum absolute atomic E-state index is 5.99. The largest absolute Gasteiger partial charge is 0.516 e. The molecular formula is C14H18BN3O2. The third-order valence-corrected chi connectivity index (χ3v) is 4.03. The van der Waals surface area contributed by atoms with E-state index < -0.39 is 7.12 Å². The van der Waals surface area contributed by atoms with E-state index in [1.54, 1.807) is 17.1 Å². The molecule has 0 aliphatic carbocycles. The van der Waals surface area contributed by atoms with Crippen LogP contribution in [0.4, 0.5) is 0 Å². The SMILES string of the molecule is CC1(C)OB(c2ccn(-c3ccncc3)n2)OC1(C)C. The molecule has 2 aromatic rings.